The van der Waals surface area contributed by atoms with E-state index in [1.54, 1.807) is 24.5 Å². The molecule has 4 rings (SSSR count). The molecule has 0 aliphatic heterocycles. The van der Waals surface area contributed by atoms with Gasteiger partial charge in [0.25, 0.3) is 0 Å². The quantitative estimate of drug-likeness (QED) is 0.754. The van der Waals surface area contributed by atoms with Crippen LogP contribution in [0.15, 0.2) is 55.0 Å². The Morgan fingerprint density at radius 3 is 2.59 bits per heavy atom. The average molecular weight is 364 g/mol. The van der Waals surface area contributed by atoms with Gasteiger partial charge in [0.1, 0.15) is 17.5 Å². The Bertz CT molecular complexity index is 960. The van der Waals surface area contributed by atoms with Gasteiger partial charge in [-0.25, -0.2) is 14.4 Å². The molecule has 1 fully saturated rings. The Kier molecular flexibility index (Phi) is 4.48. The first-order valence-corrected chi connectivity index (χ1v) is 9.09. The van der Waals surface area contributed by atoms with Crippen LogP contribution in [0.2, 0.25) is 0 Å². The SMILES string of the molecule is Cc1nccn1-c1ncccc1CNC(=O)C1(c2ccc(F)cc2)CCC1. The lowest BCUT2D eigenvalue weighted by atomic mass is 9.64. The van der Waals surface area contributed by atoms with Gasteiger partial charge in [0.15, 0.2) is 0 Å². The highest BCUT2D eigenvalue weighted by atomic mass is 19.1. The van der Waals surface area contributed by atoms with Gasteiger partial charge < -0.3 is 5.32 Å². The monoisotopic (exact) mass is 364 g/mol. The molecule has 1 amide bonds. The van der Waals surface area contributed by atoms with Crippen LogP contribution in [0.1, 0.15) is 36.2 Å². The molecule has 2 aromatic heterocycles. The van der Waals surface area contributed by atoms with Gasteiger partial charge in [-0.15, -0.1) is 0 Å². The Hall–Kier alpha value is -3.02. The summed E-state index contributed by atoms with van der Waals surface area (Å²) in [6.45, 7) is 2.29. The predicted octanol–water partition coefficient (Wildman–Crippen LogP) is 3.45. The minimum atomic E-state index is -0.555. The van der Waals surface area contributed by atoms with E-state index in [1.165, 1.54) is 12.1 Å². The number of hydrogen-bond acceptors (Lipinski definition) is 3. The van der Waals surface area contributed by atoms with Gasteiger partial charge in [-0.1, -0.05) is 24.6 Å². The molecule has 138 valence electrons. The van der Waals surface area contributed by atoms with Crippen LogP contribution in [-0.2, 0) is 16.8 Å². The molecule has 1 aromatic carbocycles. The Morgan fingerprint density at radius 1 is 1.19 bits per heavy atom. The lowest BCUT2D eigenvalue weighted by Crippen LogP contribution is -2.49. The third-order valence-corrected chi connectivity index (χ3v) is 5.40. The zero-order valence-electron chi connectivity index (χ0n) is 15.2. The summed E-state index contributed by atoms with van der Waals surface area (Å²) in [5.41, 5.74) is 1.24. The fourth-order valence-corrected chi connectivity index (χ4v) is 3.68. The van der Waals surface area contributed by atoms with E-state index < -0.39 is 5.41 Å². The standard InChI is InChI=1S/C21H21FN4O/c1-15-23-12-13-26(15)19-16(4-2-11-24-19)14-25-20(27)21(9-3-10-21)17-5-7-18(22)8-6-17/h2,4-8,11-13H,3,9-10,14H2,1H3,(H,25,27). The van der Waals surface area contributed by atoms with Crippen molar-refractivity contribution in [1.82, 2.24) is 19.9 Å². The van der Waals surface area contributed by atoms with Crippen LogP contribution in [0.25, 0.3) is 5.82 Å². The second-order valence-corrected chi connectivity index (χ2v) is 6.96. The van der Waals surface area contributed by atoms with Gasteiger partial charge in [-0.3, -0.25) is 9.36 Å². The number of pyridine rings is 1. The summed E-state index contributed by atoms with van der Waals surface area (Å²) in [5, 5.41) is 3.07. The van der Waals surface area contributed by atoms with Crippen LogP contribution < -0.4 is 5.32 Å². The smallest absolute Gasteiger partial charge is 0.230 e. The van der Waals surface area contributed by atoms with E-state index in [-0.39, 0.29) is 11.7 Å². The number of carbonyl (C=O) groups excluding carboxylic acids is 1. The summed E-state index contributed by atoms with van der Waals surface area (Å²) in [4.78, 5) is 21.7. The zero-order chi connectivity index (χ0) is 18.9. The first-order valence-electron chi connectivity index (χ1n) is 9.09. The fraction of sp³-hybridized carbons (Fsp3) is 0.286. The van der Waals surface area contributed by atoms with E-state index in [2.05, 4.69) is 15.3 Å². The molecule has 3 aromatic rings. The molecule has 0 atom stereocenters. The number of hydrogen-bond donors (Lipinski definition) is 1. The molecule has 0 saturated heterocycles. The molecule has 1 N–H and O–H groups in total. The van der Waals surface area contributed by atoms with E-state index in [9.17, 15) is 9.18 Å². The minimum Gasteiger partial charge on any atom is -0.351 e. The van der Waals surface area contributed by atoms with Crippen molar-refractivity contribution in [3.8, 4) is 5.82 Å². The highest BCUT2D eigenvalue weighted by Crippen LogP contribution is 2.44. The van der Waals surface area contributed by atoms with E-state index in [1.807, 2.05) is 29.8 Å². The Morgan fingerprint density at radius 2 is 1.96 bits per heavy atom. The molecule has 0 bridgehead atoms. The largest absolute Gasteiger partial charge is 0.351 e. The number of benzene rings is 1. The molecular formula is C21H21FN4O. The molecule has 1 aliphatic carbocycles. The number of imidazole rings is 1. The number of nitrogens with zero attached hydrogens (tertiary/aromatic N) is 3. The van der Waals surface area contributed by atoms with E-state index in [4.69, 9.17) is 0 Å². The van der Waals surface area contributed by atoms with Crippen molar-refractivity contribution in [1.29, 1.82) is 0 Å². The van der Waals surface area contributed by atoms with Crippen molar-refractivity contribution in [2.75, 3.05) is 0 Å². The molecule has 0 unspecified atom stereocenters. The average Bonchev–Trinajstić information content (AvgIpc) is 3.06. The molecule has 27 heavy (non-hydrogen) atoms. The highest BCUT2D eigenvalue weighted by molar-refractivity contribution is 5.89. The second kappa shape index (κ2) is 6.95. The summed E-state index contributed by atoms with van der Waals surface area (Å²) in [5.74, 6) is 1.29. The van der Waals surface area contributed by atoms with E-state index >= 15 is 0 Å². The molecule has 0 radical (unpaired) electrons. The van der Waals surface area contributed by atoms with Gasteiger partial charge in [0.05, 0.1) is 5.41 Å². The molecule has 2 heterocycles. The number of aromatic nitrogens is 3. The summed E-state index contributed by atoms with van der Waals surface area (Å²) < 4.78 is 15.2. The zero-order valence-corrected chi connectivity index (χ0v) is 15.2. The lowest BCUT2D eigenvalue weighted by Gasteiger charge is -2.40. The molecule has 6 heteroatoms. The molecule has 0 spiro atoms. The third-order valence-electron chi connectivity index (χ3n) is 5.40. The summed E-state index contributed by atoms with van der Waals surface area (Å²) >= 11 is 0. The van der Waals surface area contributed by atoms with E-state index in [0.29, 0.717) is 6.54 Å². The van der Waals surface area contributed by atoms with Crippen LogP contribution in [0.3, 0.4) is 0 Å². The number of carbonyl (C=O) groups is 1. The van der Waals surface area contributed by atoms with E-state index in [0.717, 1.165) is 42.0 Å². The highest BCUT2D eigenvalue weighted by Gasteiger charge is 2.45. The van der Waals surface area contributed by atoms with Crippen molar-refractivity contribution < 1.29 is 9.18 Å². The van der Waals surface area contributed by atoms with Crippen LogP contribution in [0, 0.1) is 12.7 Å². The minimum absolute atomic E-state index is 0.0162. The molecular weight excluding hydrogens is 343 g/mol. The van der Waals surface area contributed by atoms with Crippen molar-refractivity contribution in [3.05, 3.63) is 77.8 Å². The maximum Gasteiger partial charge on any atom is 0.230 e. The number of rotatable bonds is 5. The number of halogens is 1. The van der Waals surface area contributed by atoms with Gasteiger partial charge in [0, 0.05) is 30.7 Å². The van der Waals surface area contributed by atoms with Gasteiger partial charge in [-0.05, 0) is 43.5 Å². The normalized spacial score (nSPS) is 15.2. The summed E-state index contributed by atoms with van der Waals surface area (Å²) in [6.07, 6.45) is 7.87. The fourth-order valence-electron chi connectivity index (χ4n) is 3.68. The van der Waals surface area contributed by atoms with Gasteiger partial charge >= 0.3 is 0 Å². The van der Waals surface area contributed by atoms with Crippen molar-refractivity contribution in [2.45, 2.75) is 38.1 Å². The number of aryl methyl sites for hydroxylation is 1. The van der Waals surface area contributed by atoms with Crippen LogP contribution in [0.4, 0.5) is 4.39 Å². The Labute approximate surface area is 157 Å². The second-order valence-electron chi connectivity index (χ2n) is 6.96. The Balaban J connectivity index is 1.55. The van der Waals surface area contributed by atoms with Crippen molar-refractivity contribution >= 4 is 5.91 Å². The van der Waals surface area contributed by atoms with Crippen molar-refractivity contribution in [3.63, 3.8) is 0 Å². The number of amides is 1. The van der Waals surface area contributed by atoms with Crippen LogP contribution in [-0.4, -0.2) is 20.4 Å². The summed E-state index contributed by atoms with van der Waals surface area (Å²) in [6, 6.07) is 10.1. The first-order chi connectivity index (χ1) is 13.1. The predicted molar refractivity (Wildman–Crippen MR) is 99.9 cm³/mol. The summed E-state index contributed by atoms with van der Waals surface area (Å²) in [7, 11) is 0. The first kappa shape index (κ1) is 17.4. The third kappa shape index (κ3) is 3.12. The van der Waals surface area contributed by atoms with Gasteiger partial charge in [-0.2, -0.15) is 0 Å². The van der Waals surface area contributed by atoms with Crippen molar-refractivity contribution in [2.24, 2.45) is 0 Å². The lowest BCUT2D eigenvalue weighted by molar-refractivity contribution is -0.130. The molecule has 5 nitrogen and oxygen atoms in total. The maximum absolute atomic E-state index is 13.3. The topological polar surface area (TPSA) is 59.8 Å². The van der Waals surface area contributed by atoms with Gasteiger partial charge in [0.2, 0.25) is 5.91 Å². The molecule has 1 aliphatic rings. The molecule has 1 saturated carbocycles. The van der Waals surface area contributed by atoms with Crippen LogP contribution >= 0.6 is 0 Å². The maximum atomic E-state index is 13.3. The van der Waals surface area contributed by atoms with Crippen LogP contribution in [0.5, 0.6) is 0 Å². The number of nitrogens with one attached hydrogen (secondary N) is 1.